The molecule has 3 rings (SSSR count). The van der Waals surface area contributed by atoms with Crippen LogP contribution < -0.4 is 5.32 Å². The predicted octanol–water partition coefficient (Wildman–Crippen LogP) is 4.62. The first-order valence-corrected chi connectivity index (χ1v) is 8.40. The van der Waals surface area contributed by atoms with Crippen LogP contribution in [-0.4, -0.2) is 17.0 Å². The van der Waals surface area contributed by atoms with Crippen molar-refractivity contribution in [1.82, 2.24) is 0 Å². The lowest BCUT2D eigenvalue weighted by molar-refractivity contribution is -0.116. The molecule has 26 heavy (non-hydrogen) atoms. The van der Waals surface area contributed by atoms with Crippen LogP contribution in [0.1, 0.15) is 22.3 Å². The topological polar surface area (TPSA) is 66.4 Å². The number of carbonyl (C=O) groups is 2. The van der Waals surface area contributed by atoms with Gasteiger partial charge >= 0.3 is 5.97 Å². The van der Waals surface area contributed by atoms with Gasteiger partial charge in [0.2, 0.25) is 5.91 Å². The van der Waals surface area contributed by atoms with Crippen molar-refractivity contribution in [3.05, 3.63) is 90.0 Å². The number of carboxylic acid groups (broad SMARTS) is 1. The van der Waals surface area contributed by atoms with Crippen molar-refractivity contribution in [2.75, 3.05) is 5.32 Å². The number of hydrogen-bond acceptors (Lipinski definition) is 2. The number of amides is 1. The molecule has 0 spiro atoms. The van der Waals surface area contributed by atoms with E-state index in [0.717, 1.165) is 16.7 Å². The van der Waals surface area contributed by atoms with E-state index < -0.39 is 5.97 Å². The Morgan fingerprint density at radius 3 is 2.27 bits per heavy atom. The average molecular weight is 345 g/mol. The number of para-hydroxylation sites is 1. The van der Waals surface area contributed by atoms with Gasteiger partial charge in [-0.1, -0.05) is 66.7 Å². The molecule has 0 bridgehead atoms. The average Bonchev–Trinajstić information content (AvgIpc) is 2.67. The summed E-state index contributed by atoms with van der Waals surface area (Å²) in [5.74, 6) is -1.26. The molecule has 3 aromatic rings. The first kappa shape index (κ1) is 17.4. The van der Waals surface area contributed by atoms with Crippen LogP contribution in [0.15, 0.2) is 78.9 Å². The molecule has 0 atom stereocenters. The Kier molecular flexibility index (Phi) is 5.44. The van der Waals surface area contributed by atoms with Gasteiger partial charge in [-0.25, -0.2) is 4.79 Å². The fourth-order valence-electron chi connectivity index (χ4n) is 2.79. The highest BCUT2D eigenvalue weighted by Gasteiger charge is 2.11. The van der Waals surface area contributed by atoms with Gasteiger partial charge in [-0.2, -0.15) is 0 Å². The van der Waals surface area contributed by atoms with Gasteiger partial charge in [0.15, 0.2) is 0 Å². The summed E-state index contributed by atoms with van der Waals surface area (Å²) in [6, 6.07) is 24.6. The van der Waals surface area contributed by atoms with Crippen LogP contribution in [0.5, 0.6) is 0 Å². The number of hydrogen-bond donors (Lipinski definition) is 2. The van der Waals surface area contributed by atoms with Crippen LogP contribution >= 0.6 is 0 Å². The maximum Gasteiger partial charge on any atom is 0.337 e. The molecule has 0 aliphatic carbocycles. The van der Waals surface area contributed by atoms with E-state index >= 15 is 0 Å². The van der Waals surface area contributed by atoms with Crippen molar-refractivity contribution in [1.29, 1.82) is 0 Å². The van der Waals surface area contributed by atoms with Crippen LogP contribution in [0.2, 0.25) is 0 Å². The molecule has 0 aliphatic heterocycles. The first-order valence-electron chi connectivity index (χ1n) is 8.40. The highest BCUT2D eigenvalue weighted by atomic mass is 16.4. The third-order valence-electron chi connectivity index (χ3n) is 4.11. The maximum absolute atomic E-state index is 12.2. The van der Waals surface area contributed by atoms with Crippen LogP contribution in [0.3, 0.4) is 0 Å². The summed E-state index contributed by atoms with van der Waals surface area (Å²) >= 11 is 0. The summed E-state index contributed by atoms with van der Waals surface area (Å²) in [4.78, 5) is 23.4. The molecule has 130 valence electrons. The molecular weight excluding hydrogens is 326 g/mol. The summed E-state index contributed by atoms with van der Waals surface area (Å²) in [5.41, 5.74) is 3.72. The zero-order valence-electron chi connectivity index (χ0n) is 14.2. The minimum absolute atomic E-state index is 0.0897. The molecule has 0 saturated carbocycles. The van der Waals surface area contributed by atoms with Gasteiger partial charge in [-0.05, 0) is 35.2 Å². The number of benzene rings is 3. The Morgan fingerprint density at radius 1 is 0.808 bits per heavy atom. The second-order valence-corrected chi connectivity index (χ2v) is 5.97. The molecule has 0 radical (unpaired) electrons. The summed E-state index contributed by atoms with van der Waals surface area (Å²) in [5, 5.41) is 11.9. The monoisotopic (exact) mass is 345 g/mol. The lowest BCUT2D eigenvalue weighted by atomic mass is 10.0. The van der Waals surface area contributed by atoms with E-state index in [4.69, 9.17) is 0 Å². The van der Waals surface area contributed by atoms with Crippen molar-refractivity contribution in [3.63, 3.8) is 0 Å². The van der Waals surface area contributed by atoms with Crippen molar-refractivity contribution in [2.45, 2.75) is 12.8 Å². The largest absolute Gasteiger partial charge is 0.478 e. The van der Waals surface area contributed by atoms with E-state index in [1.54, 1.807) is 18.2 Å². The molecule has 4 heteroatoms. The van der Waals surface area contributed by atoms with Gasteiger partial charge < -0.3 is 10.4 Å². The lowest BCUT2D eigenvalue weighted by Gasteiger charge is -2.09. The molecule has 0 fully saturated rings. The molecule has 0 aliphatic rings. The molecule has 2 N–H and O–H groups in total. The van der Waals surface area contributed by atoms with Crippen LogP contribution in [0.4, 0.5) is 5.69 Å². The van der Waals surface area contributed by atoms with Crippen molar-refractivity contribution in [3.8, 4) is 11.1 Å². The van der Waals surface area contributed by atoms with Gasteiger partial charge in [-0.15, -0.1) is 0 Å². The highest BCUT2D eigenvalue weighted by Crippen LogP contribution is 2.21. The summed E-state index contributed by atoms with van der Waals surface area (Å²) in [7, 11) is 0. The lowest BCUT2D eigenvalue weighted by Crippen LogP contribution is -2.15. The molecule has 0 unspecified atom stereocenters. The fourth-order valence-corrected chi connectivity index (χ4v) is 2.79. The molecule has 3 aromatic carbocycles. The second-order valence-electron chi connectivity index (χ2n) is 5.97. The van der Waals surface area contributed by atoms with E-state index in [2.05, 4.69) is 23.5 Å². The van der Waals surface area contributed by atoms with Crippen molar-refractivity contribution < 1.29 is 14.7 Å². The van der Waals surface area contributed by atoms with Crippen molar-refractivity contribution >= 4 is 17.6 Å². The quantitative estimate of drug-likeness (QED) is 0.685. The van der Waals surface area contributed by atoms with Gasteiger partial charge in [0.05, 0.1) is 11.3 Å². The number of aryl methyl sites for hydroxylation is 1. The number of nitrogens with one attached hydrogen (secondary N) is 1. The maximum atomic E-state index is 12.2. The zero-order chi connectivity index (χ0) is 18.4. The Bertz CT molecular complexity index is 919. The number of carboxylic acids is 1. The van der Waals surface area contributed by atoms with Crippen LogP contribution in [-0.2, 0) is 11.2 Å². The standard InChI is InChI=1S/C22H19NO3/c24-21(23-20-12-5-4-11-19(20)22(25)26)14-13-16-7-6-10-18(15-16)17-8-2-1-3-9-17/h1-12,15H,13-14H2,(H,23,24)(H,25,26). The number of carbonyl (C=O) groups excluding carboxylic acids is 1. The fraction of sp³-hybridized carbons (Fsp3) is 0.0909. The highest BCUT2D eigenvalue weighted by molar-refractivity contribution is 6.00. The van der Waals surface area contributed by atoms with E-state index in [0.29, 0.717) is 12.1 Å². The predicted molar refractivity (Wildman–Crippen MR) is 102 cm³/mol. The SMILES string of the molecule is O=C(CCc1cccc(-c2ccccc2)c1)Nc1ccccc1C(=O)O. The molecule has 1 amide bonds. The molecule has 4 nitrogen and oxygen atoms in total. The van der Waals surface area contributed by atoms with Crippen LogP contribution in [0.25, 0.3) is 11.1 Å². The van der Waals surface area contributed by atoms with Crippen molar-refractivity contribution in [2.24, 2.45) is 0 Å². The van der Waals surface area contributed by atoms with E-state index in [1.807, 2.05) is 36.4 Å². The Hall–Kier alpha value is -3.40. The second kappa shape index (κ2) is 8.12. The number of rotatable bonds is 6. The number of aromatic carboxylic acids is 1. The van der Waals surface area contributed by atoms with E-state index in [-0.39, 0.29) is 17.9 Å². The minimum Gasteiger partial charge on any atom is -0.478 e. The molecule has 0 saturated heterocycles. The number of anilines is 1. The van der Waals surface area contributed by atoms with Crippen LogP contribution in [0, 0.1) is 0 Å². The molecule has 0 heterocycles. The Balaban J connectivity index is 1.65. The van der Waals surface area contributed by atoms with Gasteiger partial charge in [-0.3, -0.25) is 4.79 Å². The zero-order valence-corrected chi connectivity index (χ0v) is 14.2. The molecule has 0 aromatic heterocycles. The first-order chi connectivity index (χ1) is 12.6. The normalized spacial score (nSPS) is 10.3. The summed E-state index contributed by atoms with van der Waals surface area (Å²) < 4.78 is 0. The summed E-state index contributed by atoms with van der Waals surface area (Å²) in [6.07, 6.45) is 0.869. The molecular formula is C22H19NO3. The third-order valence-corrected chi connectivity index (χ3v) is 4.11. The smallest absolute Gasteiger partial charge is 0.337 e. The minimum atomic E-state index is -1.06. The third kappa shape index (κ3) is 4.36. The Labute approximate surface area is 152 Å². The van der Waals surface area contributed by atoms with E-state index in [1.165, 1.54) is 6.07 Å². The van der Waals surface area contributed by atoms with E-state index in [9.17, 15) is 14.7 Å². The van der Waals surface area contributed by atoms with Gasteiger partial charge in [0, 0.05) is 6.42 Å². The van der Waals surface area contributed by atoms with Gasteiger partial charge in [0.1, 0.15) is 0 Å². The summed E-state index contributed by atoms with van der Waals surface area (Å²) in [6.45, 7) is 0. The Morgan fingerprint density at radius 2 is 1.50 bits per heavy atom. The van der Waals surface area contributed by atoms with Gasteiger partial charge in [0.25, 0.3) is 0 Å².